The highest BCUT2D eigenvalue weighted by molar-refractivity contribution is 6.36. The normalized spacial score (nSPS) is 20.2. The highest BCUT2D eigenvalue weighted by atomic mass is 19.1. The Morgan fingerprint density at radius 2 is 1.89 bits per heavy atom. The Kier molecular flexibility index (Phi) is 4.94. The molecule has 2 aliphatic heterocycles. The van der Waals surface area contributed by atoms with Crippen LogP contribution in [0.4, 0.5) is 10.1 Å². The number of carbonyl (C=O) groups is 1. The maximum Gasteiger partial charge on any atom is 0.260 e. The Balaban J connectivity index is 1.71. The van der Waals surface area contributed by atoms with E-state index in [0.29, 0.717) is 22.6 Å². The summed E-state index contributed by atoms with van der Waals surface area (Å²) in [7, 11) is 0. The summed E-state index contributed by atoms with van der Waals surface area (Å²) >= 11 is 0. The van der Waals surface area contributed by atoms with Crippen LogP contribution >= 0.6 is 0 Å². The lowest BCUT2D eigenvalue weighted by Crippen LogP contribution is -2.25. The van der Waals surface area contributed by atoms with Crippen molar-refractivity contribution in [3.63, 3.8) is 0 Å². The molecule has 0 saturated heterocycles. The summed E-state index contributed by atoms with van der Waals surface area (Å²) in [4.78, 5) is 15.0. The number of nitrogens with one attached hydrogen (secondary N) is 1. The minimum Gasteiger partial charge on any atom is -0.484 e. The number of rotatable bonds is 5. The van der Waals surface area contributed by atoms with Crippen LogP contribution in [0.5, 0.6) is 0 Å². The summed E-state index contributed by atoms with van der Waals surface area (Å²) in [5.74, 6) is -0.0766. The maximum atomic E-state index is 13.8. The summed E-state index contributed by atoms with van der Waals surface area (Å²) in [6.45, 7) is 9.44. The molecule has 1 N–H and O–H groups in total. The molecule has 1 atom stereocenters. The van der Waals surface area contributed by atoms with Crippen LogP contribution in [-0.2, 0) is 16.0 Å². The van der Waals surface area contributed by atoms with Crippen molar-refractivity contribution in [3.8, 4) is 0 Å². The van der Waals surface area contributed by atoms with Crippen LogP contribution in [0.15, 0.2) is 36.4 Å². The number of anilines is 1. The molecule has 0 fully saturated rings. The lowest BCUT2D eigenvalue weighted by Gasteiger charge is -2.18. The molecular formula is C23H25FN2O2. The van der Waals surface area contributed by atoms with Gasteiger partial charge in [0.15, 0.2) is 0 Å². The Morgan fingerprint density at radius 1 is 1.11 bits per heavy atom. The minimum atomic E-state index is -0.369. The molecule has 2 heterocycles. The zero-order valence-corrected chi connectivity index (χ0v) is 16.5. The largest absolute Gasteiger partial charge is 0.484 e. The van der Waals surface area contributed by atoms with Gasteiger partial charge >= 0.3 is 0 Å². The van der Waals surface area contributed by atoms with Crippen molar-refractivity contribution < 1.29 is 13.9 Å². The first kappa shape index (κ1) is 18.7. The van der Waals surface area contributed by atoms with Crippen molar-refractivity contribution in [3.05, 3.63) is 64.5 Å². The molecule has 4 rings (SSSR count). The van der Waals surface area contributed by atoms with E-state index < -0.39 is 0 Å². The zero-order chi connectivity index (χ0) is 19.8. The van der Waals surface area contributed by atoms with Gasteiger partial charge in [0.25, 0.3) is 5.91 Å². The van der Waals surface area contributed by atoms with Gasteiger partial charge in [-0.2, -0.15) is 0 Å². The Morgan fingerprint density at radius 3 is 2.64 bits per heavy atom. The number of benzene rings is 2. The van der Waals surface area contributed by atoms with E-state index in [2.05, 4.69) is 36.2 Å². The average molecular weight is 380 g/mol. The Labute approximate surface area is 165 Å². The van der Waals surface area contributed by atoms with Crippen molar-refractivity contribution in [2.24, 2.45) is 0 Å². The Hall–Kier alpha value is -2.66. The van der Waals surface area contributed by atoms with Gasteiger partial charge in [0.2, 0.25) is 0 Å². The van der Waals surface area contributed by atoms with Gasteiger partial charge in [-0.1, -0.05) is 32.0 Å². The molecule has 0 spiro atoms. The average Bonchev–Trinajstić information content (AvgIpc) is 3.18. The topological polar surface area (TPSA) is 41.6 Å². The van der Waals surface area contributed by atoms with E-state index in [-0.39, 0.29) is 17.8 Å². The van der Waals surface area contributed by atoms with Crippen molar-refractivity contribution in [2.45, 2.75) is 33.3 Å². The van der Waals surface area contributed by atoms with Gasteiger partial charge in [0, 0.05) is 28.9 Å². The molecular weight excluding hydrogens is 355 g/mol. The predicted molar refractivity (Wildman–Crippen MR) is 109 cm³/mol. The highest BCUT2D eigenvalue weighted by Gasteiger charge is 2.35. The lowest BCUT2D eigenvalue weighted by molar-refractivity contribution is -0.110. The van der Waals surface area contributed by atoms with Crippen molar-refractivity contribution in [1.29, 1.82) is 0 Å². The van der Waals surface area contributed by atoms with Gasteiger partial charge < -0.3 is 15.0 Å². The number of hydrogen-bond acceptors (Lipinski definition) is 3. The predicted octanol–water partition coefficient (Wildman–Crippen LogP) is 4.62. The number of likely N-dealkylation sites (N-methyl/N-ethyl adjacent to an activating group) is 1. The molecule has 2 aliphatic rings. The van der Waals surface area contributed by atoms with Crippen molar-refractivity contribution in [1.82, 2.24) is 4.90 Å². The molecule has 5 heteroatoms. The fourth-order valence-corrected chi connectivity index (χ4v) is 4.00. The fraction of sp³-hybridized carbons (Fsp3) is 0.348. The molecule has 0 saturated carbocycles. The van der Waals surface area contributed by atoms with Gasteiger partial charge in [0.1, 0.15) is 17.7 Å². The molecule has 0 aromatic heterocycles. The summed E-state index contributed by atoms with van der Waals surface area (Å²) < 4.78 is 19.9. The van der Waals surface area contributed by atoms with Crippen molar-refractivity contribution in [2.75, 3.05) is 25.0 Å². The number of nitrogens with zero attached hydrogens (tertiary/aromatic N) is 1. The van der Waals surface area contributed by atoms with E-state index in [0.717, 1.165) is 37.2 Å². The van der Waals surface area contributed by atoms with Crippen LogP contribution in [0.25, 0.3) is 11.3 Å². The summed E-state index contributed by atoms with van der Waals surface area (Å²) in [6, 6.07) is 10.6. The lowest BCUT2D eigenvalue weighted by atomic mass is 9.96. The van der Waals surface area contributed by atoms with Gasteiger partial charge in [-0.15, -0.1) is 0 Å². The minimum absolute atomic E-state index is 0.142. The van der Waals surface area contributed by atoms with Crippen LogP contribution in [0.1, 0.15) is 49.1 Å². The molecule has 0 aliphatic carbocycles. The Bertz CT molecular complexity index is 963. The molecule has 146 valence electrons. The number of amides is 1. The summed E-state index contributed by atoms with van der Waals surface area (Å²) in [6.07, 6.45) is 0.832. The second kappa shape index (κ2) is 7.40. The van der Waals surface area contributed by atoms with E-state index in [4.69, 9.17) is 4.74 Å². The molecule has 0 bridgehead atoms. The van der Waals surface area contributed by atoms with Crippen LogP contribution in [0, 0.1) is 5.82 Å². The highest BCUT2D eigenvalue weighted by Crippen LogP contribution is 2.45. The molecule has 28 heavy (non-hydrogen) atoms. The summed E-state index contributed by atoms with van der Waals surface area (Å²) in [5.41, 5.74) is 4.85. The monoisotopic (exact) mass is 380 g/mol. The maximum absolute atomic E-state index is 13.8. The quantitative estimate of drug-likeness (QED) is 0.770. The number of ether oxygens (including phenoxy) is 1. The van der Waals surface area contributed by atoms with Crippen molar-refractivity contribution >= 4 is 22.9 Å². The number of hydrogen-bond donors (Lipinski definition) is 1. The third-order valence-electron chi connectivity index (χ3n) is 5.66. The number of carbonyl (C=O) groups excluding carboxylic acids is 1. The van der Waals surface area contributed by atoms with E-state index in [1.165, 1.54) is 17.7 Å². The number of fused-ring (bicyclic) bond motifs is 2. The van der Waals surface area contributed by atoms with Gasteiger partial charge in [-0.3, -0.25) is 4.79 Å². The molecule has 0 radical (unpaired) electrons. The van der Waals surface area contributed by atoms with Crippen LogP contribution < -0.4 is 5.32 Å². The SMILES string of the molecule is CCN(CC)CCc1ccc2c(c1)C(C)O/C2=C1/C(=O)Nc2ccc(F)cc21. The van der Waals surface area contributed by atoms with E-state index in [1.807, 2.05) is 13.0 Å². The first-order valence-corrected chi connectivity index (χ1v) is 9.89. The number of halogens is 1. The van der Waals surface area contributed by atoms with Crippen LogP contribution in [0.2, 0.25) is 0 Å². The molecule has 1 unspecified atom stereocenters. The zero-order valence-electron chi connectivity index (χ0n) is 16.5. The van der Waals surface area contributed by atoms with Gasteiger partial charge in [0.05, 0.1) is 5.57 Å². The van der Waals surface area contributed by atoms with E-state index >= 15 is 0 Å². The van der Waals surface area contributed by atoms with Crippen LogP contribution in [-0.4, -0.2) is 30.4 Å². The van der Waals surface area contributed by atoms with Crippen LogP contribution in [0.3, 0.4) is 0 Å². The third-order valence-corrected chi connectivity index (χ3v) is 5.66. The summed E-state index contributed by atoms with van der Waals surface area (Å²) in [5, 5.41) is 2.81. The van der Waals surface area contributed by atoms with E-state index in [9.17, 15) is 9.18 Å². The second-order valence-corrected chi connectivity index (χ2v) is 7.31. The second-order valence-electron chi connectivity index (χ2n) is 7.31. The first-order chi connectivity index (χ1) is 13.5. The standard InChI is InChI=1S/C23H25FN2O2/c1-4-26(5-2)11-10-15-6-8-17-18(12-15)14(3)28-22(17)21-19-13-16(24)7-9-20(19)25-23(21)27/h6-9,12-14H,4-5,10-11H2,1-3H3,(H,25,27)/b22-21+. The molecule has 2 aromatic carbocycles. The fourth-order valence-electron chi connectivity index (χ4n) is 4.00. The molecule has 4 nitrogen and oxygen atoms in total. The van der Waals surface area contributed by atoms with Gasteiger partial charge in [-0.05, 0) is 50.2 Å². The third kappa shape index (κ3) is 3.20. The molecule has 2 aromatic rings. The smallest absolute Gasteiger partial charge is 0.260 e. The molecule has 1 amide bonds. The van der Waals surface area contributed by atoms with Gasteiger partial charge in [-0.25, -0.2) is 4.39 Å². The van der Waals surface area contributed by atoms with E-state index in [1.54, 1.807) is 6.07 Å². The first-order valence-electron chi connectivity index (χ1n) is 9.89.